The number of nitro groups is 1. The molecule has 0 bridgehead atoms. The third-order valence-corrected chi connectivity index (χ3v) is 3.80. The molecule has 0 radical (unpaired) electrons. The Balaban J connectivity index is 2.72. The Morgan fingerprint density at radius 3 is 2.38 bits per heavy atom. The first-order valence-corrected chi connectivity index (χ1v) is 5.56. The van der Waals surface area contributed by atoms with Crippen molar-refractivity contribution in [2.45, 2.75) is 4.90 Å². The molecular weight excluding hydrogens is 262 g/mol. The monoisotopic (exact) mass is 267 g/mol. The average molecular weight is 267 g/mol. The van der Waals surface area contributed by atoms with Crippen LogP contribution in [0, 0.1) is 19.1 Å². The zero-order chi connectivity index (χ0) is 11.9. The van der Waals surface area contributed by atoms with Gasteiger partial charge >= 0.3 is 0 Å². The molecule has 0 heterocycles. The van der Waals surface area contributed by atoms with Crippen molar-refractivity contribution >= 4 is 42.8 Å². The molecule has 0 aliphatic heterocycles. The van der Waals surface area contributed by atoms with Crippen molar-refractivity contribution in [3.63, 3.8) is 0 Å². The van der Waals surface area contributed by atoms with Gasteiger partial charge in [-0.15, -0.1) is 12.6 Å². The molecule has 0 atom stereocenters. The van der Waals surface area contributed by atoms with E-state index >= 15 is 0 Å². The second-order valence-electron chi connectivity index (χ2n) is 3.16. The molecule has 0 unspecified atom stereocenters. The number of thiol groups is 1. The van der Waals surface area contributed by atoms with Crippen molar-refractivity contribution in [3.05, 3.63) is 43.4 Å². The maximum Gasteiger partial charge on any atom is 0.277 e. The summed E-state index contributed by atoms with van der Waals surface area (Å²) in [5, 5.41) is 10.8. The van der Waals surface area contributed by atoms with Crippen molar-refractivity contribution in [2.75, 3.05) is 0 Å². The highest BCUT2D eigenvalue weighted by molar-refractivity contribution is 7.81. The van der Waals surface area contributed by atoms with Crippen LogP contribution < -0.4 is 0 Å². The van der Waals surface area contributed by atoms with Crippen LogP contribution in [-0.2, 0) is 0 Å². The van der Waals surface area contributed by atoms with Crippen LogP contribution in [0.1, 0.15) is 0 Å². The number of nitro benzene ring substituents is 1. The molecule has 3 nitrogen and oxygen atoms in total. The smallest absolute Gasteiger partial charge is 0.258 e. The molecule has 2 rings (SSSR count). The van der Waals surface area contributed by atoms with E-state index in [2.05, 4.69) is 12.6 Å². The number of rotatable bonds is 2. The topological polar surface area (TPSA) is 43.1 Å². The van der Waals surface area contributed by atoms with E-state index < -0.39 is 4.92 Å². The van der Waals surface area contributed by atoms with E-state index in [4.69, 9.17) is 24.4 Å². The average Bonchev–Trinajstić information content (AvgIpc) is 2.29. The Morgan fingerprint density at radius 1 is 1.19 bits per heavy atom. The Kier molecular flexibility index (Phi) is 2.88. The molecular formula is C10H5NO2S3. The van der Waals surface area contributed by atoms with Crippen LogP contribution in [0.3, 0.4) is 0 Å². The second-order valence-corrected chi connectivity index (χ2v) is 4.42. The highest BCUT2D eigenvalue weighted by atomic mass is 32.1. The summed E-state index contributed by atoms with van der Waals surface area (Å²) < 4.78 is 0.987. The second kappa shape index (κ2) is 4.04. The number of hydrogen-bond donors (Lipinski definition) is 1. The van der Waals surface area contributed by atoms with Gasteiger partial charge in [-0.3, -0.25) is 10.1 Å². The molecule has 0 spiro atoms. The van der Waals surface area contributed by atoms with Gasteiger partial charge in [0.25, 0.3) is 5.69 Å². The molecule has 2 aromatic rings. The lowest BCUT2D eigenvalue weighted by Gasteiger charge is -2.09. The van der Waals surface area contributed by atoms with Gasteiger partial charge in [-0.1, -0.05) is 36.6 Å². The van der Waals surface area contributed by atoms with E-state index in [-0.39, 0.29) is 5.69 Å². The Hall–Kier alpha value is -1.11. The first-order chi connectivity index (χ1) is 7.54. The lowest BCUT2D eigenvalue weighted by molar-refractivity contribution is -0.384. The van der Waals surface area contributed by atoms with Crippen molar-refractivity contribution < 1.29 is 4.92 Å². The first-order valence-electron chi connectivity index (χ1n) is 4.30. The molecule has 0 aliphatic rings. The van der Waals surface area contributed by atoms with E-state index in [1.54, 1.807) is 18.2 Å². The molecule has 2 aromatic carbocycles. The lowest BCUT2D eigenvalue weighted by Crippen LogP contribution is -1.95. The normalized spacial score (nSPS) is 10.6. The van der Waals surface area contributed by atoms with Crippen LogP contribution in [0.2, 0.25) is 0 Å². The maximum atomic E-state index is 10.8. The Bertz CT molecular complexity index is 656. The van der Waals surface area contributed by atoms with Gasteiger partial charge in [-0.05, 0) is 6.07 Å². The van der Waals surface area contributed by atoms with Gasteiger partial charge in [0.1, 0.15) is 0 Å². The molecule has 0 saturated heterocycles. The van der Waals surface area contributed by atoms with Gasteiger partial charge in [0, 0.05) is 16.5 Å². The molecule has 80 valence electrons. The summed E-state index contributed by atoms with van der Waals surface area (Å²) in [6.45, 7) is 0. The fourth-order valence-electron chi connectivity index (χ4n) is 1.47. The van der Waals surface area contributed by atoms with Gasteiger partial charge in [0.15, 0.2) is 0 Å². The molecule has 0 aromatic heterocycles. The van der Waals surface area contributed by atoms with Crippen LogP contribution in [0.25, 0.3) is 11.1 Å². The summed E-state index contributed by atoms with van der Waals surface area (Å²) in [5.41, 5.74) is 1.11. The summed E-state index contributed by atoms with van der Waals surface area (Å²) in [5.74, 6) is 0. The first kappa shape index (κ1) is 11.4. The summed E-state index contributed by atoms with van der Waals surface area (Å²) in [7, 11) is 0. The van der Waals surface area contributed by atoms with Crippen LogP contribution in [0.4, 0.5) is 5.69 Å². The third kappa shape index (κ3) is 1.59. The third-order valence-electron chi connectivity index (χ3n) is 2.26. The zero-order valence-electron chi connectivity index (χ0n) is 7.84. The number of benzene rings is 1. The summed E-state index contributed by atoms with van der Waals surface area (Å²) in [6.07, 6.45) is 0. The SMILES string of the molecule is O=[N+]([O-])c1ccccc1-c1c(S)c(=S)c1=S. The van der Waals surface area contributed by atoms with Crippen molar-refractivity contribution in [1.29, 1.82) is 0 Å². The maximum absolute atomic E-state index is 10.8. The predicted octanol–water partition coefficient (Wildman–Crippen LogP) is 3.89. The predicted molar refractivity (Wildman–Crippen MR) is 69.8 cm³/mol. The molecule has 16 heavy (non-hydrogen) atoms. The highest BCUT2D eigenvalue weighted by Crippen LogP contribution is 2.39. The lowest BCUT2D eigenvalue weighted by atomic mass is 10.0. The summed E-state index contributed by atoms with van der Waals surface area (Å²) in [6, 6.07) is 6.42. The molecule has 0 amide bonds. The van der Waals surface area contributed by atoms with Crippen molar-refractivity contribution in [2.24, 2.45) is 0 Å². The quantitative estimate of drug-likeness (QED) is 0.388. The highest BCUT2D eigenvalue weighted by Gasteiger charge is 2.21. The standard InChI is InChI=1S/C10H5NO2S3/c12-11(13)6-4-2-1-3-5(6)7-8(14)10(16)9(7)15/h1-4,14H. The summed E-state index contributed by atoms with van der Waals surface area (Å²) in [4.78, 5) is 11.0. The number of para-hydroxylation sites is 1. The minimum Gasteiger partial charge on any atom is -0.258 e. The molecule has 0 N–H and O–H groups in total. The Morgan fingerprint density at radius 2 is 1.81 bits per heavy atom. The molecule has 0 saturated carbocycles. The van der Waals surface area contributed by atoms with E-state index in [1.807, 2.05) is 0 Å². The van der Waals surface area contributed by atoms with Gasteiger partial charge in [-0.2, -0.15) is 0 Å². The van der Waals surface area contributed by atoms with E-state index in [9.17, 15) is 10.1 Å². The van der Waals surface area contributed by atoms with Crippen molar-refractivity contribution in [3.8, 4) is 11.1 Å². The molecule has 0 aliphatic carbocycles. The van der Waals surface area contributed by atoms with E-state index in [0.717, 1.165) is 0 Å². The van der Waals surface area contributed by atoms with Gasteiger partial charge in [0.05, 0.1) is 19.5 Å². The van der Waals surface area contributed by atoms with Crippen LogP contribution in [0.15, 0.2) is 29.2 Å². The zero-order valence-corrected chi connectivity index (χ0v) is 10.4. The molecule has 6 heteroatoms. The van der Waals surface area contributed by atoms with Crippen LogP contribution >= 0.6 is 37.1 Å². The number of nitrogens with zero attached hydrogens (tertiary/aromatic N) is 1. The summed E-state index contributed by atoms with van der Waals surface area (Å²) >= 11 is 14.2. The van der Waals surface area contributed by atoms with Gasteiger partial charge < -0.3 is 0 Å². The van der Waals surface area contributed by atoms with Gasteiger partial charge in [-0.25, -0.2) is 0 Å². The largest absolute Gasteiger partial charge is 0.277 e. The minimum absolute atomic E-state index is 0.0221. The fourth-order valence-corrected chi connectivity index (χ4v) is 2.49. The number of hydrogen-bond acceptors (Lipinski definition) is 5. The molecule has 0 fully saturated rings. The van der Waals surface area contributed by atoms with E-state index in [1.165, 1.54) is 6.07 Å². The fraction of sp³-hybridized carbons (Fsp3) is 0. The van der Waals surface area contributed by atoms with Gasteiger partial charge in [0.2, 0.25) is 0 Å². The van der Waals surface area contributed by atoms with Crippen molar-refractivity contribution in [1.82, 2.24) is 0 Å². The van der Waals surface area contributed by atoms with E-state index in [0.29, 0.717) is 25.0 Å². The van der Waals surface area contributed by atoms with Crippen LogP contribution in [-0.4, -0.2) is 4.92 Å². The van der Waals surface area contributed by atoms with Crippen LogP contribution in [0.5, 0.6) is 0 Å². The minimum atomic E-state index is -0.437. The Labute approximate surface area is 107 Å².